The van der Waals surface area contributed by atoms with Crippen molar-refractivity contribution in [2.75, 3.05) is 0 Å². The molecule has 1 aromatic carbocycles. The number of halogens is 1. The second kappa shape index (κ2) is 7.59. The SMILES string of the molecule is N#Cc1ccccc1F.O=C(O)/C=C/C(=O)O. The van der Waals surface area contributed by atoms with Gasteiger partial charge in [0.05, 0.1) is 5.56 Å². The first-order valence-corrected chi connectivity index (χ1v) is 4.26. The molecule has 88 valence electrons. The van der Waals surface area contributed by atoms with Gasteiger partial charge >= 0.3 is 11.9 Å². The Morgan fingerprint density at radius 2 is 1.65 bits per heavy atom. The molecule has 0 aliphatic rings. The van der Waals surface area contributed by atoms with Gasteiger partial charge < -0.3 is 10.2 Å². The highest BCUT2D eigenvalue weighted by molar-refractivity contribution is 5.89. The van der Waals surface area contributed by atoms with E-state index in [4.69, 9.17) is 15.5 Å². The molecular formula is C11H8FNO4. The highest BCUT2D eigenvalue weighted by Crippen LogP contribution is 2.02. The summed E-state index contributed by atoms with van der Waals surface area (Å²) in [6.45, 7) is 0. The van der Waals surface area contributed by atoms with Crippen molar-refractivity contribution in [2.24, 2.45) is 0 Å². The quantitative estimate of drug-likeness (QED) is 0.757. The monoisotopic (exact) mass is 237 g/mol. The van der Waals surface area contributed by atoms with Gasteiger partial charge in [-0.15, -0.1) is 0 Å². The van der Waals surface area contributed by atoms with Gasteiger partial charge in [0, 0.05) is 12.2 Å². The summed E-state index contributed by atoms with van der Waals surface area (Å²) in [6.07, 6.45) is 1.12. The van der Waals surface area contributed by atoms with Gasteiger partial charge in [0.1, 0.15) is 11.9 Å². The first-order chi connectivity index (χ1) is 7.97. The van der Waals surface area contributed by atoms with E-state index in [1.165, 1.54) is 12.1 Å². The number of rotatable bonds is 2. The maximum Gasteiger partial charge on any atom is 0.328 e. The summed E-state index contributed by atoms with van der Waals surface area (Å²) >= 11 is 0. The summed E-state index contributed by atoms with van der Waals surface area (Å²) in [6, 6.07) is 7.60. The van der Waals surface area contributed by atoms with Gasteiger partial charge in [0.25, 0.3) is 0 Å². The molecule has 0 bridgehead atoms. The molecule has 0 radical (unpaired) electrons. The third-order valence-corrected chi connectivity index (χ3v) is 1.36. The fraction of sp³-hybridized carbons (Fsp3) is 0. The zero-order chi connectivity index (χ0) is 13.3. The largest absolute Gasteiger partial charge is 0.478 e. The molecule has 2 N–H and O–H groups in total. The molecule has 5 nitrogen and oxygen atoms in total. The first kappa shape index (κ1) is 14.3. The molecule has 0 fully saturated rings. The molecule has 0 aromatic heterocycles. The lowest BCUT2D eigenvalue weighted by atomic mass is 10.2. The zero-order valence-electron chi connectivity index (χ0n) is 8.50. The Kier molecular flexibility index (Phi) is 6.39. The molecule has 0 saturated carbocycles. The molecule has 17 heavy (non-hydrogen) atoms. The molecule has 6 heteroatoms. The zero-order valence-corrected chi connectivity index (χ0v) is 8.50. The first-order valence-electron chi connectivity index (χ1n) is 4.26. The topological polar surface area (TPSA) is 98.4 Å². The number of hydrogen-bond acceptors (Lipinski definition) is 3. The maximum absolute atomic E-state index is 12.4. The van der Waals surface area contributed by atoms with Gasteiger partial charge in [-0.2, -0.15) is 5.26 Å². The predicted molar refractivity (Wildman–Crippen MR) is 55.5 cm³/mol. The van der Waals surface area contributed by atoms with E-state index in [-0.39, 0.29) is 5.56 Å². The van der Waals surface area contributed by atoms with Crippen LogP contribution >= 0.6 is 0 Å². The van der Waals surface area contributed by atoms with Crippen LogP contribution in [0.3, 0.4) is 0 Å². The van der Waals surface area contributed by atoms with E-state index in [2.05, 4.69) is 0 Å². The van der Waals surface area contributed by atoms with E-state index < -0.39 is 17.8 Å². The Hall–Kier alpha value is -2.68. The molecule has 0 atom stereocenters. The third kappa shape index (κ3) is 7.27. The number of nitriles is 1. The van der Waals surface area contributed by atoms with E-state index in [1.807, 2.05) is 0 Å². The minimum absolute atomic E-state index is 0.0949. The molecular weight excluding hydrogens is 229 g/mol. The highest BCUT2D eigenvalue weighted by atomic mass is 19.1. The second-order valence-corrected chi connectivity index (χ2v) is 2.60. The third-order valence-electron chi connectivity index (χ3n) is 1.36. The van der Waals surface area contributed by atoms with E-state index in [0.29, 0.717) is 12.2 Å². The normalized spacial score (nSPS) is 8.94. The lowest BCUT2D eigenvalue weighted by Gasteiger charge is -1.86. The molecule has 0 heterocycles. The van der Waals surface area contributed by atoms with Crippen molar-refractivity contribution in [1.82, 2.24) is 0 Å². The lowest BCUT2D eigenvalue weighted by molar-refractivity contribution is -0.134. The van der Waals surface area contributed by atoms with Crippen molar-refractivity contribution in [3.05, 3.63) is 47.8 Å². The summed E-state index contributed by atoms with van der Waals surface area (Å²) in [5, 5.41) is 23.9. The van der Waals surface area contributed by atoms with Crippen LogP contribution < -0.4 is 0 Å². The summed E-state index contributed by atoms with van der Waals surface area (Å²) in [5.41, 5.74) is 0.0949. The van der Waals surface area contributed by atoms with Crippen LogP contribution in [0.2, 0.25) is 0 Å². The molecule has 1 rings (SSSR count). The van der Waals surface area contributed by atoms with Crippen LogP contribution in [0.4, 0.5) is 4.39 Å². The number of benzene rings is 1. The number of carboxylic acids is 2. The Balaban J connectivity index is 0.000000304. The number of hydrogen-bond donors (Lipinski definition) is 2. The average Bonchev–Trinajstić information content (AvgIpc) is 2.28. The van der Waals surface area contributed by atoms with Crippen molar-refractivity contribution in [3.63, 3.8) is 0 Å². The van der Waals surface area contributed by atoms with Crippen molar-refractivity contribution in [2.45, 2.75) is 0 Å². The molecule has 1 aromatic rings. The van der Waals surface area contributed by atoms with Crippen LogP contribution in [0.5, 0.6) is 0 Å². The fourth-order valence-electron chi connectivity index (χ4n) is 0.694. The van der Waals surface area contributed by atoms with E-state index in [1.54, 1.807) is 18.2 Å². The van der Waals surface area contributed by atoms with Crippen molar-refractivity contribution in [3.8, 4) is 6.07 Å². The average molecular weight is 237 g/mol. The minimum atomic E-state index is -1.26. The Morgan fingerprint density at radius 1 is 1.18 bits per heavy atom. The van der Waals surface area contributed by atoms with Gasteiger partial charge in [-0.25, -0.2) is 14.0 Å². The van der Waals surface area contributed by atoms with Crippen LogP contribution in [0.15, 0.2) is 36.4 Å². The van der Waals surface area contributed by atoms with Crippen molar-refractivity contribution in [1.29, 1.82) is 5.26 Å². The molecule has 0 aliphatic carbocycles. The van der Waals surface area contributed by atoms with Crippen molar-refractivity contribution >= 4 is 11.9 Å². The van der Waals surface area contributed by atoms with E-state index in [9.17, 15) is 14.0 Å². The number of carboxylic acid groups (broad SMARTS) is 2. The summed E-state index contributed by atoms with van der Waals surface area (Å²) in [5.74, 6) is -2.97. The number of carbonyl (C=O) groups is 2. The molecule has 0 spiro atoms. The smallest absolute Gasteiger partial charge is 0.328 e. The highest BCUT2D eigenvalue weighted by Gasteiger charge is 1.94. The van der Waals surface area contributed by atoms with Crippen LogP contribution in [0.25, 0.3) is 0 Å². The van der Waals surface area contributed by atoms with Gasteiger partial charge in [0.15, 0.2) is 0 Å². The lowest BCUT2D eigenvalue weighted by Crippen LogP contribution is -1.91. The molecule has 0 saturated heterocycles. The summed E-state index contributed by atoms with van der Waals surface area (Å²) < 4.78 is 12.4. The van der Waals surface area contributed by atoms with E-state index in [0.717, 1.165) is 0 Å². The summed E-state index contributed by atoms with van der Waals surface area (Å²) in [7, 11) is 0. The minimum Gasteiger partial charge on any atom is -0.478 e. The Bertz CT molecular complexity index is 461. The fourth-order valence-corrected chi connectivity index (χ4v) is 0.694. The van der Waals surface area contributed by atoms with Gasteiger partial charge in [-0.1, -0.05) is 12.1 Å². The van der Waals surface area contributed by atoms with Crippen LogP contribution in [0.1, 0.15) is 5.56 Å². The second-order valence-electron chi connectivity index (χ2n) is 2.60. The van der Waals surface area contributed by atoms with Crippen LogP contribution in [-0.4, -0.2) is 22.2 Å². The van der Waals surface area contributed by atoms with Crippen LogP contribution in [-0.2, 0) is 9.59 Å². The number of nitrogens with zero attached hydrogens (tertiary/aromatic N) is 1. The number of aliphatic carboxylic acids is 2. The Labute approximate surface area is 96.0 Å². The molecule has 0 aliphatic heterocycles. The van der Waals surface area contributed by atoms with Crippen LogP contribution in [0, 0.1) is 17.1 Å². The Morgan fingerprint density at radius 3 is 1.94 bits per heavy atom. The maximum atomic E-state index is 12.4. The van der Waals surface area contributed by atoms with Gasteiger partial charge in [0.2, 0.25) is 0 Å². The summed E-state index contributed by atoms with van der Waals surface area (Å²) in [4.78, 5) is 19.1. The van der Waals surface area contributed by atoms with Gasteiger partial charge in [-0.3, -0.25) is 0 Å². The van der Waals surface area contributed by atoms with Gasteiger partial charge in [-0.05, 0) is 12.1 Å². The molecule has 0 amide bonds. The predicted octanol–water partition coefficient (Wildman–Crippen LogP) is 1.41. The molecule has 0 unspecified atom stereocenters. The van der Waals surface area contributed by atoms with E-state index >= 15 is 0 Å². The van der Waals surface area contributed by atoms with Crippen molar-refractivity contribution < 1.29 is 24.2 Å². The standard InChI is InChI=1S/C7H4FN.C4H4O4/c8-7-4-2-1-3-6(7)5-9;5-3(6)1-2-4(7)8/h1-4H;1-2H,(H,5,6)(H,7,8)/b;2-1+.